The molecule has 0 atom stereocenters. The van der Waals surface area contributed by atoms with Crippen LogP contribution in [-0.4, -0.2) is 21.6 Å². The predicted octanol–water partition coefficient (Wildman–Crippen LogP) is 3.84. The highest BCUT2D eigenvalue weighted by atomic mass is 32.2. The summed E-state index contributed by atoms with van der Waals surface area (Å²) in [6.45, 7) is 0. The van der Waals surface area contributed by atoms with E-state index in [1.165, 1.54) is 46.9 Å². The summed E-state index contributed by atoms with van der Waals surface area (Å²) in [4.78, 5) is 20.9. The van der Waals surface area contributed by atoms with Gasteiger partial charge in [0.1, 0.15) is 6.07 Å². The molecule has 4 rings (SSSR count). The Kier molecular flexibility index (Phi) is 5.40. The molecule has 1 aromatic heterocycles. The molecule has 1 N–H and O–H groups in total. The number of nitriles is 1. The number of carbonyl (C=O) groups excluding carboxylic acids is 1. The van der Waals surface area contributed by atoms with E-state index >= 15 is 0 Å². The van der Waals surface area contributed by atoms with Gasteiger partial charge < -0.3 is 5.32 Å². The first kappa shape index (κ1) is 18.0. The van der Waals surface area contributed by atoms with Crippen molar-refractivity contribution in [2.45, 2.75) is 56.5 Å². The zero-order chi connectivity index (χ0) is 18.6. The van der Waals surface area contributed by atoms with Crippen molar-refractivity contribution in [1.82, 2.24) is 9.97 Å². The Morgan fingerprint density at radius 1 is 1.00 bits per heavy atom. The van der Waals surface area contributed by atoms with Gasteiger partial charge in [0, 0.05) is 12.4 Å². The molecule has 0 radical (unpaired) electrons. The number of fused-ring (bicyclic) bond motifs is 3. The van der Waals surface area contributed by atoms with Crippen LogP contribution in [0.25, 0.3) is 0 Å². The smallest absolute Gasteiger partial charge is 0.234 e. The van der Waals surface area contributed by atoms with E-state index in [2.05, 4.69) is 21.4 Å². The van der Waals surface area contributed by atoms with Crippen LogP contribution < -0.4 is 5.32 Å². The van der Waals surface area contributed by atoms with Crippen molar-refractivity contribution in [3.05, 3.63) is 46.3 Å². The number of nitrogens with one attached hydrogen (secondary N) is 1. The molecule has 0 aliphatic heterocycles. The van der Waals surface area contributed by atoms with Crippen molar-refractivity contribution < 1.29 is 4.79 Å². The number of hydrogen-bond acceptors (Lipinski definition) is 5. The Morgan fingerprint density at radius 2 is 1.59 bits per heavy atom. The second-order valence-corrected chi connectivity index (χ2v) is 8.00. The Morgan fingerprint density at radius 3 is 2.26 bits per heavy atom. The fourth-order valence-corrected chi connectivity index (χ4v) is 4.86. The predicted molar refractivity (Wildman–Crippen MR) is 106 cm³/mol. The summed E-state index contributed by atoms with van der Waals surface area (Å²) in [5, 5.41) is 13.5. The third kappa shape index (κ3) is 3.70. The summed E-state index contributed by atoms with van der Waals surface area (Å²) >= 11 is 1.31. The molecule has 0 saturated carbocycles. The first-order chi connectivity index (χ1) is 13.3. The molecule has 138 valence electrons. The third-order valence-electron chi connectivity index (χ3n) is 5.40. The van der Waals surface area contributed by atoms with Crippen LogP contribution in [0.2, 0.25) is 0 Å². The highest BCUT2D eigenvalue weighted by Gasteiger charge is 2.27. The fourth-order valence-electron chi connectivity index (χ4n) is 4.26. The number of aromatic nitrogens is 2. The molecule has 27 heavy (non-hydrogen) atoms. The summed E-state index contributed by atoms with van der Waals surface area (Å²) in [5.41, 5.74) is 6.65. The van der Waals surface area contributed by atoms with Gasteiger partial charge in [-0.15, -0.1) is 0 Å². The highest BCUT2D eigenvalue weighted by Crippen LogP contribution is 2.40. The van der Waals surface area contributed by atoms with Crippen molar-refractivity contribution in [3.63, 3.8) is 0 Å². The molecule has 5 nitrogen and oxygen atoms in total. The van der Waals surface area contributed by atoms with Gasteiger partial charge in [0.25, 0.3) is 0 Å². The molecule has 0 bridgehead atoms. The van der Waals surface area contributed by atoms with E-state index in [0.717, 1.165) is 44.2 Å². The van der Waals surface area contributed by atoms with Crippen molar-refractivity contribution >= 4 is 23.4 Å². The van der Waals surface area contributed by atoms with Gasteiger partial charge >= 0.3 is 0 Å². The molecule has 1 aromatic carbocycles. The maximum Gasteiger partial charge on any atom is 0.234 e. The Bertz CT molecular complexity index is 905. The largest absolute Gasteiger partial charge is 0.324 e. The molecule has 1 heterocycles. The van der Waals surface area contributed by atoms with E-state index in [1.807, 2.05) is 0 Å². The van der Waals surface area contributed by atoms with Crippen LogP contribution in [-0.2, 0) is 30.5 Å². The quantitative estimate of drug-likeness (QED) is 0.646. The molecule has 0 spiro atoms. The molecule has 2 aromatic rings. The summed E-state index contributed by atoms with van der Waals surface area (Å²) in [5.74, 6) is 0.133. The van der Waals surface area contributed by atoms with E-state index < -0.39 is 0 Å². The standard InChI is InChI=1S/C21H22N4OS/c22-12-18-16-8-2-1-6-14(16)15-7-3-4-9-17(15)20(18)25-19(26)13-27-21-23-10-5-11-24-21/h5,10-11H,1-4,6-9,13H2,(H,25,26). The van der Waals surface area contributed by atoms with E-state index in [-0.39, 0.29) is 11.7 Å². The maximum atomic E-state index is 12.6. The van der Waals surface area contributed by atoms with Crippen molar-refractivity contribution in [1.29, 1.82) is 5.26 Å². The Hall–Kier alpha value is -2.39. The lowest BCUT2D eigenvalue weighted by molar-refractivity contribution is -0.113. The molecule has 1 amide bonds. The number of anilines is 1. The van der Waals surface area contributed by atoms with E-state index in [0.29, 0.717) is 10.7 Å². The minimum absolute atomic E-state index is 0.104. The topological polar surface area (TPSA) is 78.7 Å². The van der Waals surface area contributed by atoms with Crippen LogP contribution in [0.5, 0.6) is 0 Å². The normalized spacial score (nSPS) is 15.4. The lowest BCUT2D eigenvalue weighted by Crippen LogP contribution is -2.22. The van der Waals surface area contributed by atoms with Gasteiger partial charge in [0.05, 0.1) is 17.0 Å². The number of thioether (sulfide) groups is 1. The van der Waals surface area contributed by atoms with Crippen LogP contribution in [0.4, 0.5) is 5.69 Å². The average Bonchev–Trinajstić information content (AvgIpc) is 2.73. The average molecular weight is 379 g/mol. The van der Waals surface area contributed by atoms with E-state index in [9.17, 15) is 10.1 Å². The summed E-state index contributed by atoms with van der Waals surface area (Å²) in [6.07, 6.45) is 12.0. The third-order valence-corrected chi connectivity index (χ3v) is 6.28. The van der Waals surface area contributed by atoms with Crippen LogP contribution in [0.3, 0.4) is 0 Å². The molecular weight excluding hydrogens is 356 g/mol. The lowest BCUT2D eigenvalue weighted by Gasteiger charge is -2.29. The first-order valence-corrected chi connectivity index (χ1v) is 10.6. The van der Waals surface area contributed by atoms with Crippen LogP contribution >= 0.6 is 11.8 Å². The molecule has 2 aliphatic rings. The zero-order valence-corrected chi connectivity index (χ0v) is 16.1. The number of nitrogens with zero attached hydrogens (tertiary/aromatic N) is 3. The van der Waals surface area contributed by atoms with Crippen LogP contribution in [0.15, 0.2) is 23.6 Å². The molecule has 0 saturated heterocycles. The number of hydrogen-bond donors (Lipinski definition) is 1. The zero-order valence-electron chi connectivity index (χ0n) is 15.3. The molecule has 2 aliphatic carbocycles. The molecule has 0 unspecified atom stereocenters. The monoisotopic (exact) mass is 378 g/mol. The highest BCUT2D eigenvalue weighted by molar-refractivity contribution is 7.99. The van der Waals surface area contributed by atoms with Crippen LogP contribution in [0, 0.1) is 11.3 Å². The number of amides is 1. The van der Waals surface area contributed by atoms with Gasteiger partial charge in [-0.25, -0.2) is 9.97 Å². The van der Waals surface area contributed by atoms with Crippen LogP contribution in [0.1, 0.15) is 53.5 Å². The van der Waals surface area contributed by atoms with Gasteiger partial charge in [0.15, 0.2) is 5.16 Å². The van der Waals surface area contributed by atoms with Crippen molar-refractivity contribution in [3.8, 4) is 6.07 Å². The Balaban J connectivity index is 1.63. The summed E-state index contributed by atoms with van der Waals surface area (Å²) < 4.78 is 0. The Labute approximate surface area is 163 Å². The second kappa shape index (κ2) is 8.10. The second-order valence-electron chi connectivity index (χ2n) is 7.06. The molecule has 0 fully saturated rings. The van der Waals surface area contributed by atoms with Crippen molar-refractivity contribution in [2.75, 3.05) is 11.1 Å². The minimum Gasteiger partial charge on any atom is -0.324 e. The van der Waals surface area contributed by atoms with Gasteiger partial charge in [0.2, 0.25) is 5.91 Å². The fraction of sp³-hybridized carbons (Fsp3) is 0.429. The minimum atomic E-state index is -0.104. The first-order valence-electron chi connectivity index (χ1n) is 9.57. The number of benzene rings is 1. The number of rotatable bonds is 4. The maximum absolute atomic E-state index is 12.6. The van der Waals surface area contributed by atoms with Gasteiger partial charge in [-0.05, 0) is 79.7 Å². The lowest BCUT2D eigenvalue weighted by atomic mass is 9.77. The molecular formula is C21H22N4OS. The van der Waals surface area contributed by atoms with E-state index in [4.69, 9.17) is 0 Å². The van der Waals surface area contributed by atoms with Gasteiger partial charge in [-0.2, -0.15) is 5.26 Å². The summed E-state index contributed by atoms with van der Waals surface area (Å²) in [7, 11) is 0. The van der Waals surface area contributed by atoms with Gasteiger partial charge in [-0.3, -0.25) is 4.79 Å². The van der Waals surface area contributed by atoms with Gasteiger partial charge in [-0.1, -0.05) is 11.8 Å². The van der Waals surface area contributed by atoms with Crippen molar-refractivity contribution in [2.24, 2.45) is 0 Å². The summed E-state index contributed by atoms with van der Waals surface area (Å²) in [6, 6.07) is 4.16. The SMILES string of the molecule is N#Cc1c2c(c3c(c1NC(=O)CSc1ncccn1)CCCC3)CCCC2. The molecule has 6 heteroatoms. The van der Waals surface area contributed by atoms with E-state index in [1.54, 1.807) is 18.5 Å². The number of carbonyl (C=O) groups is 1.